The quantitative estimate of drug-likeness (QED) is 0.511. The van der Waals surface area contributed by atoms with E-state index in [1.165, 1.54) is 4.31 Å². The van der Waals surface area contributed by atoms with Crippen LogP contribution in [0, 0.1) is 5.41 Å². The molecule has 1 aliphatic heterocycles. The molecule has 0 aromatic heterocycles. The third-order valence-corrected chi connectivity index (χ3v) is 5.71. The molecule has 1 saturated heterocycles. The normalized spacial score (nSPS) is 19.1. The lowest BCUT2D eigenvalue weighted by Gasteiger charge is -2.42. The molecule has 0 aliphatic carbocycles. The molecule has 1 aliphatic rings. The molecule has 0 spiro atoms. The maximum Gasteiger partial charge on any atom is 0.216 e. The van der Waals surface area contributed by atoms with E-state index in [9.17, 15) is 8.42 Å². The van der Waals surface area contributed by atoms with E-state index in [-0.39, 0.29) is 24.3 Å². The van der Waals surface area contributed by atoms with E-state index in [4.69, 9.17) is 15.9 Å². The molecule has 1 heterocycles. The first-order valence-corrected chi connectivity index (χ1v) is 8.87. The Labute approximate surface area is 128 Å². The summed E-state index contributed by atoms with van der Waals surface area (Å²) in [6.45, 7) is 9.78. The van der Waals surface area contributed by atoms with E-state index in [1.807, 2.05) is 32.6 Å². The highest BCUT2D eigenvalue weighted by molar-refractivity contribution is 7.89. The second-order valence-electron chi connectivity index (χ2n) is 6.09. The van der Waals surface area contributed by atoms with Crippen molar-refractivity contribution in [1.29, 1.82) is 5.41 Å². The van der Waals surface area contributed by atoms with Gasteiger partial charge >= 0.3 is 0 Å². The van der Waals surface area contributed by atoms with E-state index in [0.29, 0.717) is 26.2 Å². The van der Waals surface area contributed by atoms with Crippen molar-refractivity contribution >= 4 is 15.9 Å². The summed E-state index contributed by atoms with van der Waals surface area (Å²) < 4.78 is 31.3. The summed E-state index contributed by atoms with van der Waals surface area (Å²) in [6, 6.07) is 0. The summed E-state index contributed by atoms with van der Waals surface area (Å²) in [5.41, 5.74) is 5.08. The Balaban J connectivity index is 2.54. The van der Waals surface area contributed by atoms with Gasteiger partial charge in [0.25, 0.3) is 0 Å². The first kappa shape index (κ1) is 18.3. The zero-order valence-corrected chi connectivity index (χ0v) is 14.2. The molecule has 124 valence electrons. The largest absolute Gasteiger partial charge is 0.386 e. The minimum atomic E-state index is -3.27. The molecule has 0 unspecified atom stereocenters. The van der Waals surface area contributed by atoms with Gasteiger partial charge in [0.15, 0.2) is 0 Å². The maximum absolute atomic E-state index is 12.2. The molecule has 0 saturated carbocycles. The summed E-state index contributed by atoms with van der Waals surface area (Å²) in [6.07, 6.45) is 0.0356. The van der Waals surface area contributed by atoms with Crippen LogP contribution in [0.1, 0.15) is 27.7 Å². The molecule has 0 aromatic carbocycles. The second kappa shape index (κ2) is 7.04. The highest BCUT2D eigenvalue weighted by Gasteiger charge is 2.35. The number of nitrogens with one attached hydrogen (secondary N) is 1. The van der Waals surface area contributed by atoms with Gasteiger partial charge in [-0.05, 0) is 27.7 Å². The van der Waals surface area contributed by atoms with Crippen LogP contribution >= 0.6 is 0 Å². The molecular weight excluding hydrogens is 292 g/mol. The van der Waals surface area contributed by atoms with Gasteiger partial charge in [-0.25, -0.2) is 8.42 Å². The van der Waals surface area contributed by atoms with E-state index < -0.39 is 15.6 Å². The molecule has 0 bridgehead atoms. The van der Waals surface area contributed by atoms with E-state index in [0.717, 1.165) is 0 Å². The number of ether oxygens (including phenoxy) is 1. The van der Waals surface area contributed by atoms with Gasteiger partial charge in [-0.15, -0.1) is 0 Å². The predicted molar refractivity (Wildman–Crippen MR) is 84.0 cm³/mol. The highest BCUT2D eigenvalue weighted by Crippen LogP contribution is 2.18. The Hall–Kier alpha value is -0.700. The second-order valence-corrected chi connectivity index (χ2v) is 8.18. The van der Waals surface area contributed by atoms with Gasteiger partial charge in [0.1, 0.15) is 5.84 Å². The van der Waals surface area contributed by atoms with Gasteiger partial charge in [-0.3, -0.25) is 10.3 Å². The molecule has 3 N–H and O–H groups in total. The molecule has 0 amide bonds. The van der Waals surface area contributed by atoms with Gasteiger partial charge in [0.2, 0.25) is 10.0 Å². The number of nitrogens with two attached hydrogens (primary N) is 1. The summed E-state index contributed by atoms with van der Waals surface area (Å²) in [5.74, 6) is 0.116. The Kier molecular flexibility index (Phi) is 6.15. The number of nitrogens with zero attached hydrogens (tertiary/aromatic N) is 2. The Morgan fingerprint density at radius 2 is 1.81 bits per heavy atom. The summed E-state index contributed by atoms with van der Waals surface area (Å²) in [5, 5.41) is 7.63. The first-order chi connectivity index (χ1) is 9.57. The van der Waals surface area contributed by atoms with E-state index >= 15 is 0 Å². The minimum Gasteiger partial charge on any atom is -0.386 e. The smallest absolute Gasteiger partial charge is 0.216 e. The molecule has 21 heavy (non-hydrogen) atoms. The molecule has 8 heteroatoms. The number of hydrogen-bond acceptors (Lipinski definition) is 5. The molecular formula is C13H28N4O3S. The molecule has 1 rings (SSSR count). The molecule has 1 fully saturated rings. The van der Waals surface area contributed by atoms with Crippen LogP contribution in [0.25, 0.3) is 0 Å². The predicted octanol–water partition coefficient (Wildman–Crippen LogP) is 0.0734. The highest BCUT2D eigenvalue weighted by atomic mass is 32.2. The van der Waals surface area contributed by atoms with Gasteiger partial charge in [-0.2, -0.15) is 4.31 Å². The summed E-state index contributed by atoms with van der Waals surface area (Å²) >= 11 is 0. The Bertz CT molecular complexity index is 454. The monoisotopic (exact) mass is 320 g/mol. The molecule has 7 nitrogen and oxygen atoms in total. The van der Waals surface area contributed by atoms with Crippen molar-refractivity contribution < 1.29 is 13.2 Å². The van der Waals surface area contributed by atoms with Crippen LogP contribution in [0.5, 0.6) is 0 Å². The number of rotatable bonds is 7. The Morgan fingerprint density at radius 1 is 1.29 bits per heavy atom. The Morgan fingerprint density at radius 3 is 2.24 bits per heavy atom. The van der Waals surface area contributed by atoms with Crippen LogP contribution in [-0.4, -0.2) is 73.6 Å². The van der Waals surface area contributed by atoms with Crippen LogP contribution in [0.15, 0.2) is 0 Å². The standard InChI is InChI=1S/C13H28N4O3S/c1-11(2)20-9-10-21(18,19)17-7-5-16(6-8-17)13(3,4)12(14)15/h11H,5-10H2,1-4H3,(H3,14,15). The molecule has 0 aromatic rings. The summed E-state index contributed by atoms with van der Waals surface area (Å²) in [7, 11) is -3.27. The lowest BCUT2D eigenvalue weighted by molar-refractivity contribution is 0.0893. The fourth-order valence-electron chi connectivity index (χ4n) is 2.21. The van der Waals surface area contributed by atoms with Crippen LogP contribution in [0.4, 0.5) is 0 Å². The van der Waals surface area contributed by atoms with E-state index in [1.54, 1.807) is 0 Å². The fraction of sp³-hybridized carbons (Fsp3) is 0.923. The minimum absolute atomic E-state index is 0.0152. The maximum atomic E-state index is 12.2. The third kappa shape index (κ3) is 4.91. The SMILES string of the molecule is CC(C)OCCS(=O)(=O)N1CCN(C(C)(C)C(=N)N)CC1. The summed E-state index contributed by atoms with van der Waals surface area (Å²) in [4.78, 5) is 2.05. The third-order valence-electron chi connectivity index (χ3n) is 3.87. The number of hydrogen-bond donors (Lipinski definition) is 2. The van der Waals surface area contributed by atoms with Crippen LogP contribution in [0.2, 0.25) is 0 Å². The van der Waals surface area contributed by atoms with Crippen molar-refractivity contribution in [3.63, 3.8) is 0 Å². The van der Waals surface area contributed by atoms with Gasteiger partial charge < -0.3 is 10.5 Å². The lowest BCUT2D eigenvalue weighted by atomic mass is 10.0. The van der Waals surface area contributed by atoms with Crippen molar-refractivity contribution in [1.82, 2.24) is 9.21 Å². The zero-order chi connectivity index (χ0) is 16.3. The van der Waals surface area contributed by atoms with Gasteiger partial charge in [0.05, 0.1) is 24.0 Å². The van der Waals surface area contributed by atoms with Crippen molar-refractivity contribution in [2.24, 2.45) is 5.73 Å². The number of sulfonamides is 1. The van der Waals surface area contributed by atoms with Crippen molar-refractivity contribution in [2.75, 3.05) is 38.5 Å². The van der Waals surface area contributed by atoms with Gasteiger partial charge in [-0.1, -0.05) is 0 Å². The van der Waals surface area contributed by atoms with E-state index in [2.05, 4.69) is 0 Å². The molecule has 0 atom stereocenters. The first-order valence-electron chi connectivity index (χ1n) is 7.26. The number of amidine groups is 1. The lowest BCUT2D eigenvalue weighted by Crippen LogP contribution is -2.60. The average molecular weight is 320 g/mol. The number of piperazine rings is 1. The van der Waals surface area contributed by atoms with Crippen molar-refractivity contribution in [2.45, 2.75) is 39.3 Å². The van der Waals surface area contributed by atoms with Crippen molar-refractivity contribution in [3.8, 4) is 0 Å². The van der Waals surface area contributed by atoms with Crippen LogP contribution in [-0.2, 0) is 14.8 Å². The average Bonchev–Trinajstić information content (AvgIpc) is 2.38. The van der Waals surface area contributed by atoms with Crippen LogP contribution < -0.4 is 5.73 Å². The van der Waals surface area contributed by atoms with Crippen molar-refractivity contribution in [3.05, 3.63) is 0 Å². The zero-order valence-electron chi connectivity index (χ0n) is 13.4. The molecule has 0 radical (unpaired) electrons. The van der Waals surface area contributed by atoms with Gasteiger partial charge in [0, 0.05) is 26.2 Å². The fourth-order valence-corrected chi connectivity index (χ4v) is 3.50. The van der Waals surface area contributed by atoms with Crippen LogP contribution in [0.3, 0.4) is 0 Å². The topological polar surface area (TPSA) is 99.7 Å².